The average Bonchev–Trinajstić information content (AvgIpc) is 3.10. The number of hydrogen-bond acceptors (Lipinski definition) is 8. The Hall–Kier alpha value is -4.74. The van der Waals surface area contributed by atoms with Crippen LogP contribution in [0.3, 0.4) is 0 Å². The Balaban J connectivity index is 0.00000605. The molecule has 0 amide bonds. The number of nitrogens with zero attached hydrogens (tertiary/aromatic N) is 2. The second-order valence-corrected chi connectivity index (χ2v) is 15.9. The Labute approximate surface area is 304 Å². The molecular weight excluding hydrogens is 729 g/mol. The predicted octanol–water partition coefficient (Wildman–Crippen LogP) is 5.88. The molecule has 4 aromatic carbocycles. The van der Waals surface area contributed by atoms with Crippen LogP contribution in [0.15, 0.2) is 142 Å². The van der Waals surface area contributed by atoms with E-state index in [0.717, 1.165) is 5.69 Å². The predicted molar refractivity (Wildman–Crippen MR) is 198 cm³/mol. The molecule has 1 aliphatic rings. The van der Waals surface area contributed by atoms with Gasteiger partial charge in [-0.3, -0.25) is 13.7 Å². The zero-order valence-electron chi connectivity index (χ0n) is 28.2. The Morgan fingerprint density at radius 3 is 1.83 bits per heavy atom. The summed E-state index contributed by atoms with van der Waals surface area (Å²) in [5, 5.41) is 0. The van der Waals surface area contributed by atoms with Gasteiger partial charge in [0.15, 0.2) is 6.54 Å². The number of rotatable bonds is 12. The van der Waals surface area contributed by atoms with E-state index >= 15 is 0 Å². The maximum Gasteiger partial charge on any atom is 0.295 e. The topological polar surface area (TPSA) is 199 Å². The summed E-state index contributed by atoms with van der Waals surface area (Å²) < 4.78 is 104. The fourth-order valence-electron chi connectivity index (χ4n) is 5.96. The second-order valence-electron chi connectivity index (χ2n) is 11.7. The van der Waals surface area contributed by atoms with Crippen LogP contribution >= 0.6 is 0 Å². The molecule has 0 atom stereocenters. The first-order valence-electron chi connectivity index (χ1n) is 15.9. The van der Waals surface area contributed by atoms with E-state index in [2.05, 4.69) is 0 Å². The molecular formula is C37H38N2O10S3. The lowest BCUT2D eigenvalue weighted by atomic mass is 9.88. The van der Waals surface area contributed by atoms with Gasteiger partial charge in [0, 0.05) is 41.6 Å². The molecule has 0 saturated carbocycles. The van der Waals surface area contributed by atoms with Crippen molar-refractivity contribution < 1.29 is 49.0 Å². The number of anilines is 1. The maximum absolute atomic E-state index is 12.7. The second kappa shape index (κ2) is 16.3. The smallest absolute Gasteiger partial charge is 0.295 e. The minimum Gasteiger partial charge on any atom is -0.870 e. The van der Waals surface area contributed by atoms with Crippen molar-refractivity contribution in [3.05, 3.63) is 149 Å². The molecule has 274 valence electrons. The van der Waals surface area contributed by atoms with Gasteiger partial charge >= 0.3 is 0 Å². The third-order valence-corrected chi connectivity index (χ3v) is 11.0. The third-order valence-electron chi connectivity index (χ3n) is 8.37. The van der Waals surface area contributed by atoms with E-state index in [-0.39, 0.29) is 32.3 Å². The molecule has 0 unspecified atom stereocenters. The lowest BCUT2D eigenvalue weighted by Gasteiger charge is -2.24. The third kappa shape index (κ3) is 9.37. The van der Waals surface area contributed by atoms with Crippen molar-refractivity contribution in [1.29, 1.82) is 0 Å². The van der Waals surface area contributed by atoms with Gasteiger partial charge in [0.05, 0.1) is 15.4 Å². The molecule has 0 spiro atoms. The lowest BCUT2D eigenvalue weighted by Crippen LogP contribution is -2.23. The normalized spacial score (nSPS) is 15.2. The van der Waals surface area contributed by atoms with Crippen LogP contribution < -0.4 is 4.90 Å². The molecule has 12 nitrogen and oxygen atoms in total. The Bertz CT molecular complexity index is 2420. The minimum absolute atomic E-state index is 0. The summed E-state index contributed by atoms with van der Waals surface area (Å²) in [6.45, 7) is 5.51. The highest BCUT2D eigenvalue weighted by Gasteiger charge is 2.27. The fourth-order valence-corrected chi connectivity index (χ4v) is 7.76. The summed E-state index contributed by atoms with van der Waals surface area (Å²) in [6.07, 6.45) is 7.36. The van der Waals surface area contributed by atoms with Crippen LogP contribution in [0.4, 0.5) is 5.69 Å². The summed E-state index contributed by atoms with van der Waals surface area (Å²) in [7, 11) is -13.5. The summed E-state index contributed by atoms with van der Waals surface area (Å²) in [6, 6.07) is 25.6. The molecule has 0 heterocycles. The molecule has 0 saturated heterocycles. The van der Waals surface area contributed by atoms with Crippen LogP contribution in [0, 0.1) is 0 Å². The van der Waals surface area contributed by atoms with E-state index < -0.39 is 30.4 Å². The molecule has 0 aliphatic heterocycles. The maximum atomic E-state index is 12.7. The van der Waals surface area contributed by atoms with Gasteiger partial charge in [-0.15, -0.1) is 0 Å². The number of benzene rings is 4. The van der Waals surface area contributed by atoms with Gasteiger partial charge in [0.2, 0.25) is 5.71 Å². The number of hydrogen-bond donors (Lipinski definition) is 3. The van der Waals surface area contributed by atoms with Gasteiger partial charge < -0.3 is 10.4 Å². The van der Waals surface area contributed by atoms with Crippen molar-refractivity contribution in [3.63, 3.8) is 0 Å². The molecule has 0 radical (unpaired) electrons. The highest BCUT2D eigenvalue weighted by atomic mass is 32.2. The molecule has 1 aliphatic carbocycles. The largest absolute Gasteiger partial charge is 0.870 e. The summed E-state index contributed by atoms with van der Waals surface area (Å²) in [5.41, 5.74) is 4.84. The van der Waals surface area contributed by atoms with Gasteiger partial charge in [-0.2, -0.15) is 25.3 Å². The molecule has 0 bridgehead atoms. The molecule has 0 aromatic heterocycles. The lowest BCUT2D eigenvalue weighted by molar-refractivity contribution is -0.539. The van der Waals surface area contributed by atoms with Crippen LogP contribution in [0.1, 0.15) is 36.1 Å². The van der Waals surface area contributed by atoms with Crippen LogP contribution in [0.2, 0.25) is 0 Å². The Morgan fingerprint density at radius 2 is 1.25 bits per heavy atom. The van der Waals surface area contributed by atoms with E-state index in [1.54, 1.807) is 36.4 Å². The fraction of sp³-hybridized carbons (Fsp3) is 0.162. The van der Waals surface area contributed by atoms with Gasteiger partial charge in [-0.1, -0.05) is 66.7 Å². The van der Waals surface area contributed by atoms with Crippen molar-refractivity contribution in [2.75, 3.05) is 18.0 Å². The quantitative estimate of drug-likeness (QED) is 0.115. The van der Waals surface area contributed by atoms with Crippen molar-refractivity contribution >= 4 is 47.3 Å². The summed E-state index contributed by atoms with van der Waals surface area (Å²) in [4.78, 5) is 1.29. The van der Waals surface area contributed by atoms with Crippen LogP contribution in [0.5, 0.6) is 0 Å². The molecule has 52 heavy (non-hydrogen) atoms. The van der Waals surface area contributed by atoms with Crippen LogP contribution in [-0.4, -0.2) is 67.8 Å². The zero-order chi connectivity index (χ0) is 37.0. The van der Waals surface area contributed by atoms with Gasteiger partial charge in [0.25, 0.3) is 30.4 Å². The van der Waals surface area contributed by atoms with E-state index in [1.807, 2.05) is 71.9 Å². The highest BCUT2D eigenvalue weighted by molar-refractivity contribution is 7.86. The SMILES string of the molecule is CCN(Cc1cccc(S(=O)(=O)O)c1)c1ccc(C(=C2C=CC=CC2=[N+](CC)Cc2cccc(S(=O)(=O)O)c2)c2ccccc2S(=O)(=O)O)cc1.[OH-]. The number of allylic oxidation sites excluding steroid dienone is 5. The Kier molecular flexibility index (Phi) is 12.5. The van der Waals surface area contributed by atoms with Crippen molar-refractivity contribution in [3.8, 4) is 0 Å². The van der Waals surface area contributed by atoms with E-state index in [9.17, 15) is 38.9 Å². The summed E-state index contributed by atoms with van der Waals surface area (Å²) in [5.74, 6) is 0. The molecule has 4 N–H and O–H groups in total. The average molecular weight is 767 g/mol. The van der Waals surface area contributed by atoms with Gasteiger partial charge in [0.1, 0.15) is 11.4 Å². The highest BCUT2D eigenvalue weighted by Crippen LogP contribution is 2.35. The monoisotopic (exact) mass is 766 g/mol. The van der Waals surface area contributed by atoms with Gasteiger partial charge in [-0.05, 0) is 73.5 Å². The molecule has 5 rings (SSSR count). The zero-order valence-corrected chi connectivity index (χ0v) is 30.7. The molecule has 15 heteroatoms. The van der Waals surface area contributed by atoms with Crippen LogP contribution in [-0.2, 0) is 43.4 Å². The van der Waals surface area contributed by atoms with E-state index in [4.69, 9.17) is 0 Å². The summed E-state index contributed by atoms with van der Waals surface area (Å²) >= 11 is 0. The molecule has 4 aromatic rings. The first-order chi connectivity index (χ1) is 24.1. The standard InChI is InChI=1S/C37H36N2O9S3.H2O/c1-3-38(25-27-11-9-13-31(23-27)49(40,41)42)30-21-19-29(20-22-30)37(34-16-6-8-18-36(34)51(46,47)48)33-15-5-7-17-35(33)39(4-2)26-28-12-10-14-32(24-28)50(43,44)45;/h5-24H,3-4,25-26H2,1-2H3,(H2-,40,41,42,43,44,45,46,47,48);1H2. The first kappa shape index (κ1) is 40.0. The van der Waals surface area contributed by atoms with Crippen LogP contribution in [0.25, 0.3) is 5.57 Å². The first-order valence-corrected chi connectivity index (χ1v) is 20.2. The van der Waals surface area contributed by atoms with Crippen molar-refractivity contribution in [1.82, 2.24) is 0 Å². The Morgan fingerprint density at radius 1 is 0.673 bits per heavy atom. The molecule has 0 fully saturated rings. The van der Waals surface area contributed by atoms with Crippen molar-refractivity contribution in [2.24, 2.45) is 0 Å². The van der Waals surface area contributed by atoms with Gasteiger partial charge in [-0.25, -0.2) is 4.58 Å². The van der Waals surface area contributed by atoms with E-state index in [1.165, 1.54) is 36.4 Å². The minimum atomic E-state index is -4.66. The van der Waals surface area contributed by atoms with E-state index in [0.29, 0.717) is 53.2 Å². The van der Waals surface area contributed by atoms with Crippen molar-refractivity contribution in [2.45, 2.75) is 41.6 Å².